The van der Waals surface area contributed by atoms with Crippen molar-refractivity contribution in [3.63, 3.8) is 0 Å². The highest BCUT2D eigenvalue weighted by Gasteiger charge is 2.20. The van der Waals surface area contributed by atoms with Gasteiger partial charge in [0.15, 0.2) is 0 Å². The first-order valence-electron chi connectivity index (χ1n) is 10.4. The number of fused-ring (bicyclic) bond motifs is 1. The first-order valence-corrected chi connectivity index (χ1v) is 10.4. The smallest absolute Gasteiger partial charge is 0.267 e. The Morgan fingerprint density at radius 3 is 2.34 bits per heavy atom. The van der Waals surface area contributed by atoms with Gasteiger partial charge >= 0.3 is 0 Å². The van der Waals surface area contributed by atoms with E-state index in [2.05, 4.69) is 5.10 Å². The Bertz CT molecular complexity index is 1260. The molecule has 3 heterocycles. The molecule has 0 unspecified atom stereocenters. The van der Waals surface area contributed by atoms with Gasteiger partial charge < -0.3 is 14.4 Å². The van der Waals surface area contributed by atoms with E-state index < -0.39 is 0 Å². The van der Waals surface area contributed by atoms with E-state index in [1.807, 2.05) is 71.9 Å². The van der Waals surface area contributed by atoms with Crippen LogP contribution in [-0.4, -0.2) is 47.1 Å². The molecule has 8 heteroatoms. The van der Waals surface area contributed by atoms with Crippen LogP contribution in [0.3, 0.4) is 0 Å². The fourth-order valence-corrected chi connectivity index (χ4v) is 3.71. The van der Waals surface area contributed by atoms with Crippen LogP contribution in [0.1, 0.15) is 19.9 Å². The number of rotatable bonds is 8. The van der Waals surface area contributed by atoms with Gasteiger partial charge in [0, 0.05) is 37.7 Å². The molecule has 3 aromatic heterocycles. The second-order valence-electron chi connectivity index (χ2n) is 7.77. The van der Waals surface area contributed by atoms with Crippen molar-refractivity contribution in [2.75, 3.05) is 32.6 Å². The molecule has 0 spiro atoms. The lowest BCUT2D eigenvalue weighted by Gasteiger charge is -2.22. The summed E-state index contributed by atoms with van der Waals surface area (Å²) >= 11 is 0. The van der Waals surface area contributed by atoms with Crippen LogP contribution in [0.5, 0.6) is 0 Å². The minimum absolute atomic E-state index is 0.0566. The van der Waals surface area contributed by atoms with Gasteiger partial charge in [-0.2, -0.15) is 10.2 Å². The first kappa shape index (κ1) is 21.7. The summed E-state index contributed by atoms with van der Waals surface area (Å²) in [4.78, 5) is 14.3. The van der Waals surface area contributed by atoms with Gasteiger partial charge in [0.25, 0.3) is 5.56 Å². The Hall–Kier alpha value is -3.49. The van der Waals surface area contributed by atoms with E-state index in [1.165, 1.54) is 4.68 Å². The fourth-order valence-electron chi connectivity index (χ4n) is 3.71. The van der Waals surface area contributed by atoms with E-state index in [-0.39, 0.29) is 11.6 Å². The Labute approximate surface area is 186 Å². The summed E-state index contributed by atoms with van der Waals surface area (Å²) in [5.41, 5.74) is 5.00. The number of methoxy groups -OCH3 is 2. The molecule has 1 aromatic carbocycles. The van der Waals surface area contributed by atoms with E-state index in [0.717, 1.165) is 28.0 Å². The van der Waals surface area contributed by atoms with Crippen molar-refractivity contribution < 1.29 is 9.47 Å². The molecule has 0 atom stereocenters. The summed E-state index contributed by atoms with van der Waals surface area (Å²) in [6, 6.07) is 17.3. The Balaban J connectivity index is 1.98. The maximum absolute atomic E-state index is 12.3. The monoisotopic (exact) mass is 433 g/mol. The minimum atomic E-state index is -0.131. The highest BCUT2D eigenvalue weighted by molar-refractivity contribution is 5.91. The SMILES string of the molecule is COCN(COC)c1ccn2nc(-c3ccccc3)c(-c3ccc(=O)n(C(C)C)n3)c2c1. The number of benzene rings is 1. The van der Waals surface area contributed by atoms with Gasteiger partial charge in [-0.1, -0.05) is 30.3 Å². The normalized spacial score (nSPS) is 11.4. The zero-order chi connectivity index (χ0) is 22.7. The number of ether oxygens (including phenoxy) is 2. The largest absolute Gasteiger partial charge is 0.364 e. The molecular formula is C24H27N5O3. The van der Waals surface area contributed by atoms with Gasteiger partial charge in [0.05, 0.1) is 22.8 Å². The van der Waals surface area contributed by atoms with Gasteiger partial charge in [-0.25, -0.2) is 9.20 Å². The predicted octanol–water partition coefficient (Wildman–Crippen LogP) is 3.82. The van der Waals surface area contributed by atoms with Gasteiger partial charge in [-0.15, -0.1) is 0 Å². The van der Waals surface area contributed by atoms with Crippen LogP contribution in [-0.2, 0) is 9.47 Å². The van der Waals surface area contributed by atoms with Gasteiger partial charge in [-0.3, -0.25) is 4.79 Å². The van der Waals surface area contributed by atoms with Crippen molar-refractivity contribution >= 4 is 11.2 Å². The molecule has 0 saturated carbocycles. The van der Waals surface area contributed by atoms with Crippen LogP contribution >= 0.6 is 0 Å². The van der Waals surface area contributed by atoms with Gasteiger partial charge in [0.2, 0.25) is 0 Å². The van der Waals surface area contributed by atoms with E-state index in [1.54, 1.807) is 26.4 Å². The standard InChI is InChI=1S/C24H27N5O3/c1-17(2)29-22(30)11-10-20(25-29)23-21-14-19(27(15-31-3)16-32-4)12-13-28(21)26-24(23)18-8-6-5-7-9-18/h5-14,17H,15-16H2,1-4H3. The van der Waals surface area contributed by atoms with E-state index >= 15 is 0 Å². The zero-order valence-electron chi connectivity index (χ0n) is 18.7. The Kier molecular flexibility index (Phi) is 6.34. The quantitative estimate of drug-likeness (QED) is 0.393. The molecule has 0 aliphatic heterocycles. The molecule has 0 fully saturated rings. The van der Waals surface area contributed by atoms with Crippen molar-refractivity contribution in [2.24, 2.45) is 0 Å². The molecule has 0 bridgehead atoms. The minimum Gasteiger partial charge on any atom is -0.364 e. The third kappa shape index (κ3) is 4.15. The number of hydrogen-bond acceptors (Lipinski definition) is 6. The lowest BCUT2D eigenvalue weighted by Crippen LogP contribution is -2.27. The summed E-state index contributed by atoms with van der Waals surface area (Å²) in [6.07, 6.45) is 1.91. The maximum Gasteiger partial charge on any atom is 0.267 e. The number of pyridine rings is 1. The summed E-state index contributed by atoms with van der Waals surface area (Å²) < 4.78 is 14.0. The molecule has 0 saturated heterocycles. The highest BCUT2D eigenvalue weighted by atomic mass is 16.5. The molecule has 166 valence electrons. The van der Waals surface area contributed by atoms with Crippen molar-refractivity contribution in [1.29, 1.82) is 0 Å². The first-order chi connectivity index (χ1) is 15.5. The molecule has 0 aliphatic rings. The summed E-state index contributed by atoms with van der Waals surface area (Å²) in [5, 5.41) is 9.54. The molecule has 8 nitrogen and oxygen atoms in total. The third-order valence-electron chi connectivity index (χ3n) is 5.17. The fraction of sp³-hybridized carbons (Fsp3) is 0.292. The average molecular weight is 434 g/mol. The zero-order valence-corrected chi connectivity index (χ0v) is 18.7. The average Bonchev–Trinajstić information content (AvgIpc) is 3.18. The molecular weight excluding hydrogens is 406 g/mol. The third-order valence-corrected chi connectivity index (χ3v) is 5.17. The topological polar surface area (TPSA) is 73.9 Å². The second kappa shape index (κ2) is 9.33. The number of hydrogen-bond donors (Lipinski definition) is 0. The number of anilines is 1. The molecule has 0 amide bonds. The van der Waals surface area contributed by atoms with Crippen LogP contribution in [0.25, 0.3) is 28.0 Å². The molecule has 4 aromatic rings. The van der Waals surface area contributed by atoms with E-state index in [9.17, 15) is 4.79 Å². The number of aromatic nitrogens is 4. The summed E-state index contributed by atoms with van der Waals surface area (Å²) in [6.45, 7) is 4.65. The Morgan fingerprint density at radius 1 is 0.969 bits per heavy atom. The highest BCUT2D eigenvalue weighted by Crippen LogP contribution is 2.35. The Morgan fingerprint density at radius 2 is 1.69 bits per heavy atom. The van der Waals surface area contributed by atoms with Crippen LogP contribution in [0.15, 0.2) is 65.6 Å². The van der Waals surface area contributed by atoms with Crippen molar-refractivity contribution in [2.45, 2.75) is 19.9 Å². The number of nitrogens with zero attached hydrogens (tertiary/aromatic N) is 5. The van der Waals surface area contributed by atoms with Crippen molar-refractivity contribution in [1.82, 2.24) is 19.4 Å². The van der Waals surface area contributed by atoms with Crippen LogP contribution < -0.4 is 10.5 Å². The molecule has 0 N–H and O–H groups in total. The van der Waals surface area contributed by atoms with Gasteiger partial charge in [-0.05, 0) is 32.0 Å². The second-order valence-corrected chi connectivity index (χ2v) is 7.77. The van der Waals surface area contributed by atoms with E-state index in [0.29, 0.717) is 19.2 Å². The lowest BCUT2D eigenvalue weighted by atomic mass is 10.0. The van der Waals surface area contributed by atoms with E-state index in [4.69, 9.17) is 14.6 Å². The predicted molar refractivity (Wildman–Crippen MR) is 125 cm³/mol. The lowest BCUT2D eigenvalue weighted by molar-refractivity contribution is 0.140. The van der Waals surface area contributed by atoms with Crippen LogP contribution in [0, 0.1) is 0 Å². The van der Waals surface area contributed by atoms with Crippen molar-refractivity contribution in [3.8, 4) is 22.5 Å². The van der Waals surface area contributed by atoms with Gasteiger partial charge in [0.1, 0.15) is 19.2 Å². The summed E-state index contributed by atoms with van der Waals surface area (Å²) in [7, 11) is 3.30. The summed E-state index contributed by atoms with van der Waals surface area (Å²) in [5.74, 6) is 0. The molecule has 32 heavy (non-hydrogen) atoms. The van der Waals surface area contributed by atoms with Crippen molar-refractivity contribution in [3.05, 3.63) is 71.1 Å². The molecule has 4 rings (SSSR count). The molecule has 0 aliphatic carbocycles. The maximum atomic E-state index is 12.3. The van der Waals surface area contributed by atoms with Crippen LogP contribution in [0.4, 0.5) is 5.69 Å². The molecule has 0 radical (unpaired) electrons. The van der Waals surface area contributed by atoms with Crippen LogP contribution in [0.2, 0.25) is 0 Å².